The molecule has 25 heavy (non-hydrogen) atoms. The van der Waals surface area contributed by atoms with E-state index in [2.05, 4.69) is 23.1 Å². The first-order chi connectivity index (χ1) is 12.3. The van der Waals surface area contributed by atoms with Crippen LogP contribution in [-0.2, 0) is 24.3 Å². The van der Waals surface area contributed by atoms with E-state index in [9.17, 15) is 4.39 Å². The topological polar surface area (TPSA) is 21.7 Å². The molecule has 2 heterocycles. The summed E-state index contributed by atoms with van der Waals surface area (Å²) in [6.45, 7) is 4.49. The van der Waals surface area contributed by atoms with E-state index in [1.807, 2.05) is 0 Å². The molecule has 4 rings (SSSR count). The maximum Gasteiger partial charge on any atom is 0.123 e. The molecule has 0 radical (unpaired) electrons. The summed E-state index contributed by atoms with van der Waals surface area (Å²) >= 11 is 0. The molecule has 1 fully saturated rings. The lowest BCUT2D eigenvalue weighted by Crippen LogP contribution is -2.36. The van der Waals surface area contributed by atoms with Gasteiger partial charge in [0.15, 0.2) is 0 Å². The van der Waals surface area contributed by atoms with Crippen molar-refractivity contribution in [2.45, 2.75) is 38.5 Å². The van der Waals surface area contributed by atoms with E-state index < -0.39 is 0 Å². The third kappa shape index (κ3) is 4.20. The molecule has 0 aliphatic carbocycles. The zero-order valence-electron chi connectivity index (χ0n) is 14.4. The van der Waals surface area contributed by atoms with E-state index in [0.717, 1.165) is 56.8 Å². The number of hydrogen-bond donors (Lipinski definition) is 0. The van der Waals surface area contributed by atoms with Crippen molar-refractivity contribution in [2.75, 3.05) is 19.7 Å². The Bertz CT molecular complexity index is 708. The van der Waals surface area contributed by atoms with Crippen molar-refractivity contribution < 1.29 is 13.9 Å². The molecule has 0 aromatic heterocycles. The second-order valence-electron chi connectivity index (χ2n) is 6.95. The maximum atomic E-state index is 12.9. The van der Waals surface area contributed by atoms with Gasteiger partial charge < -0.3 is 9.47 Å². The summed E-state index contributed by atoms with van der Waals surface area (Å²) in [5.74, 6) is 0.854. The number of hydrogen-bond acceptors (Lipinski definition) is 3. The normalized spacial score (nSPS) is 18.1. The Morgan fingerprint density at radius 2 is 1.80 bits per heavy atom. The van der Waals surface area contributed by atoms with Crippen LogP contribution in [0.15, 0.2) is 42.5 Å². The number of nitrogens with zero attached hydrogens (tertiary/aromatic N) is 1. The minimum Gasteiger partial charge on any atom is -0.493 e. The lowest BCUT2D eigenvalue weighted by atomic mass is 10.0. The van der Waals surface area contributed by atoms with Crippen molar-refractivity contribution in [1.29, 1.82) is 0 Å². The smallest absolute Gasteiger partial charge is 0.123 e. The van der Waals surface area contributed by atoms with E-state index >= 15 is 0 Å². The van der Waals surface area contributed by atoms with Crippen molar-refractivity contribution in [3.8, 4) is 5.75 Å². The highest BCUT2D eigenvalue weighted by Crippen LogP contribution is 2.27. The Morgan fingerprint density at radius 1 is 1.04 bits per heavy atom. The van der Waals surface area contributed by atoms with Crippen molar-refractivity contribution in [3.63, 3.8) is 0 Å². The second kappa shape index (κ2) is 7.54. The molecule has 3 nitrogen and oxygen atoms in total. The predicted octanol–water partition coefficient (Wildman–Crippen LogP) is 3.94. The van der Waals surface area contributed by atoms with Crippen molar-refractivity contribution in [3.05, 3.63) is 65.0 Å². The number of ether oxygens (including phenoxy) is 2. The molecule has 132 valence electrons. The molecule has 1 saturated heterocycles. The molecule has 0 atom stereocenters. The first-order valence-electron chi connectivity index (χ1n) is 9.09. The quantitative estimate of drug-likeness (QED) is 0.822. The summed E-state index contributed by atoms with van der Waals surface area (Å²) in [6, 6.07) is 13.1. The fourth-order valence-electron chi connectivity index (χ4n) is 3.63. The van der Waals surface area contributed by atoms with Gasteiger partial charge in [0.1, 0.15) is 11.6 Å². The van der Waals surface area contributed by atoms with E-state index in [-0.39, 0.29) is 5.82 Å². The van der Waals surface area contributed by atoms with Gasteiger partial charge in [-0.25, -0.2) is 4.39 Å². The van der Waals surface area contributed by atoms with Gasteiger partial charge in [0.2, 0.25) is 0 Å². The van der Waals surface area contributed by atoms with Crippen LogP contribution in [0.2, 0.25) is 0 Å². The van der Waals surface area contributed by atoms with Gasteiger partial charge >= 0.3 is 0 Å². The summed E-state index contributed by atoms with van der Waals surface area (Å²) in [5.41, 5.74) is 3.74. The third-order valence-corrected chi connectivity index (χ3v) is 5.09. The number of likely N-dealkylation sites (tertiary alicyclic amines) is 1. The molecule has 0 N–H and O–H groups in total. The van der Waals surface area contributed by atoms with Gasteiger partial charge in [0.25, 0.3) is 0 Å². The van der Waals surface area contributed by atoms with Crippen LogP contribution < -0.4 is 4.74 Å². The number of piperidine rings is 1. The molecule has 2 aliphatic heterocycles. The predicted molar refractivity (Wildman–Crippen MR) is 95.1 cm³/mol. The Labute approximate surface area is 148 Å². The van der Waals surface area contributed by atoms with E-state index in [1.54, 1.807) is 12.1 Å². The molecule has 0 saturated carbocycles. The fraction of sp³-hybridized carbons (Fsp3) is 0.429. The van der Waals surface area contributed by atoms with Crippen LogP contribution >= 0.6 is 0 Å². The highest BCUT2D eigenvalue weighted by molar-refractivity contribution is 5.39. The van der Waals surface area contributed by atoms with E-state index in [4.69, 9.17) is 9.47 Å². The zero-order chi connectivity index (χ0) is 17.1. The monoisotopic (exact) mass is 341 g/mol. The zero-order valence-corrected chi connectivity index (χ0v) is 14.4. The Hall–Kier alpha value is -1.91. The summed E-state index contributed by atoms with van der Waals surface area (Å²) < 4.78 is 24.5. The third-order valence-electron chi connectivity index (χ3n) is 5.09. The summed E-state index contributed by atoms with van der Waals surface area (Å²) in [4.78, 5) is 2.50. The number of fused-ring (bicyclic) bond motifs is 1. The standard InChI is InChI=1S/C21H24FNO2/c22-19-4-1-16(2-5-19)15-25-20-7-10-23(11-8-20)14-17-3-6-21-18(13-17)9-12-24-21/h1-6,13,20H,7-12,14-15H2. The molecule has 2 aromatic rings. The Morgan fingerprint density at radius 3 is 2.60 bits per heavy atom. The number of rotatable bonds is 5. The average Bonchev–Trinajstić information content (AvgIpc) is 3.10. The largest absolute Gasteiger partial charge is 0.493 e. The molecule has 0 amide bonds. The van der Waals surface area contributed by atoms with Crippen LogP contribution in [0.25, 0.3) is 0 Å². The van der Waals surface area contributed by atoms with Gasteiger partial charge in [-0.3, -0.25) is 4.90 Å². The molecular formula is C21H24FNO2. The van der Waals surface area contributed by atoms with Gasteiger partial charge in [0.05, 0.1) is 19.3 Å². The van der Waals surface area contributed by atoms with Gasteiger partial charge in [-0.2, -0.15) is 0 Å². The first kappa shape index (κ1) is 16.6. The number of benzene rings is 2. The minimum absolute atomic E-state index is 0.199. The van der Waals surface area contributed by atoms with Gasteiger partial charge in [-0.1, -0.05) is 24.3 Å². The lowest BCUT2D eigenvalue weighted by Gasteiger charge is -2.32. The molecule has 2 aromatic carbocycles. The fourth-order valence-corrected chi connectivity index (χ4v) is 3.63. The second-order valence-corrected chi connectivity index (χ2v) is 6.95. The maximum absolute atomic E-state index is 12.9. The van der Waals surface area contributed by atoms with Crippen molar-refractivity contribution in [2.24, 2.45) is 0 Å². The SMILES string of the molecule is Fc1ccc(COC2CCN(Cc3ccc4c(c3)CCO4)CC2)cc1. The van der Waals surface area contributed by atoms with Gasteiger partial charge in [0, 0.05) is 26.1 Å². The van der Waals surface area contributed by atoms with Crippen LogP contribution in [0.5, 0.6) is 5.75 Å². The van der Waals surface area contributed by atoms with Crippen molar-refractivity contribution >= 4 is 0 Å². The molecule has 0 unspecified atom stereocenters. The molecule has 0 bridgehead atoms. The van der Waals surface area contributed by atoms with Gasteiger partial charge in [-0.05, 0) is 47.7 Å². The molecular weight excluding hydrogens is 317 g/mol. The molecule has 2 aliphatic rings. The van der Waals surface area contributed by atoms with Crippen LogP contribution in [0.4, 0.5) is 4.39 Å². The van der Waals surface area contributed by atoms with E-state index in [0.29, 0.717) is 12.7 Å². The lowest BCUT2D eigenvalue weighted by molar-refractivity contribution is -0.00395. The van der Waals surface area contributed by atoms with Crippen LogP contribution in [-0.4, -0.2) is 30.7 Å². The summed E-state index contributed by atoms with van der Waals surface area (Å²) in [5, 5.41) is 0. The molecule has 0 spiro atoms. The first-order valence-corrected chi connectivity index (χ1v) is 9.09. The summed E-state index contributed by atoms with van der Waals surface area (Å²) in [6.07, 6.45) is 3.43. The van der Waals surface area contributed by atoms with Crippen LogP contribution in [0.3, 0.4) is 0 Å². The minimum atomic E-state index is -0.199. The molecule has 4 heteroatoms. The highest BCUT2D eigenvalue weighted by atomic mass is 19.1. The Balaban J connectivity index is 1.23. The van der Waals surface area contributed by atoms with Crippen LogP contribution in [0.1, 0.15) is 29.5 Å². The van der Waals surface area contributed by atoms with Gasteiger partial charge in [-0.15, -0.1) is 0 Å². The average molecular weight is 341 g/mol. The Kier molecular flexibility index (Phi) is 4.99. The van der Waals surface area contributed by atoms with E-state index in [1.165, 1.54) is 23.3 Å². The summed E-state index contributed by atoms with van der Waals surface area (Å²) in [7, 11) is 0. The van der Waals surface area contributed by atoms with Crippen LogP contribution in [0, 0.1) is 5.82 Å². The highest BCUT2D eigenvalue weighted by Gasteiger charge is 2.20. The van der Waals surface area contributed by atoms with Crippen molar-refractivity contribution in [1.82, 2.24) is 4.90 Å². The number of halogens is 1.